The zero-order valence-electron chi connectivity index (χ0n) is 9.20. The van der Waals surface area contributed by atoms with E-state index in [1.54, 1.807) is 4.31 Å². The SMILES string of the molecule is CCCCS(=O)(=O)N1CCCC(C)C1. The third kappa shape index (κ3) is 3.24. The molecule has 84 valence electrons. The third-order valence-electron chi connectivity index (χ3n) is 2.77. The van der Waals surface area contributed by atoms with E-state index in [4.69, 9.17) is 0 Å². The van der Waals surface area contributed by atoms with Crippen LogP contribution in [-0.4, -0.2) is 31.6 Å². The van der Waals surface area contributed by atoms with E-state index < -0.39 is 10.0 Å². The maximum Gasteiger partial charge on any atom is 0.214 e. The van der Waals surface area contributed by atoms with Crippen LogP contribution in [0.4, 0.5) is 0 Å². The van der Waals surface area contributed by atoms with Gasteiger partial charge < -0.3 is 0 Å². The second kappa shape index (κ2) is 5.12. The number of hydrogen-bond donors (Lipinski definition) is 0. The summed E-state index contributed by atoms with van der Waals surface area (Å²) >= 11 is 0. The van der Waals surface area contributed by atoms with E-state index in [9.17, 15) is 8.42 Å². The summed E-state index contributed by atoms with van der Waals surface area (Å²) in [6.45, 7) is 5.61. The average molecular weight is 219 g/mol. The number of rotatable bonds is 4. The molecule has 0 amide bonds. The summed E-state index contributed by atoms with van der Waals surface area (Å²) < 4.78 is 25.3. The van der Waals surface area contributed by atoms with E-state index >= 15 is 0 Å². The van der Waals surface area contributed by atoms with Crippen LogP contribution in [0.3, 0.4) is 0 Å². The number of sulfonamides is 1. The van der Waals surface area contributed by atoms with Crippen molar-refractivity contribution in [2.75, 3.05) is 18.8 Å². The van der Waals surface area contributed by atoms with E-state index in [2.05, 4.69) is 6.92 Å². The van der Waals surface area contributed by atoms with Crippen LogP contribution in [0.15, 0.2) is 0 Å². The first-order valence-corrected chi connectivity index (χ1v) is 7.15. The van der Waals surface area contributed by atoms with Gasteiger partial charge in [-0.05, 0) is 25.2 Å². The van der Waals surface area contributed by atoms with Crippen molar-refractivity contribution in [2.24, 2.45) is 5.92 Å². The minimum Gasteiger partial charge on any atom is -0.212 e. The summed E-state index contributed by atoms with van der Waals surface area (Å²) in [4.78, 5) is 0. The van der Waals surface area contributed by atoms with E-state index in [1.807, 2.05) is 6.92 Å². The molecule has 0 radical (unpaired) electrons. The predicted molar refractivity (Wildman–Crippen MR) is 58.7 cm³/mol. The van der Waals surface area contributed by atoms with Crippen LogP contribution in [0, 0.1) is 5.92 Å². The molecule has 0 aromatic heterocycles. The van der Waals surface area contributed by atoms with Crippen molar-refractivity contribution in [3.63, 3.8) is 0 Å². The lowest BCUT2D eigenvalue weighted by atomic mass is 10.0. The molecule has 0 spiro atoms. The highest BCUT2D eigenvalue weighted by molar-refractivity contribution is 7.89. The van der Waals surface area contributed by atoms with Crippen molar-refractivity contribution in [3.05, 3.63) is 0 Å². The van der Waals surface area contributed by atoms with Gasteiger partial charge in [0.05, 0.1) is 5.75 Å². The fraction of sp³-hybridized carbons (Fsp3) is 1.00. The molecule has 1 atom stereocenters. The summed E-state index contributed by atoms with van der Waals surface area (Å²) in [5.41, 5.74) is 0. The lowest BCUT2D eigenvalue weighted by molar-refractivity contribution is 0.281. The summed E-state index contributed by atoms with van der Waals surface area (Å²) in [6.07, 6.45) is 3.92. The predicted octanol–water partition coefficient (Wildman–Crippen LogP) is 1.85. The molecule has 14 heavy (non-hydrogen) atoms. The fourth-order valence-electron chi connectivity index (χ4n) is 1.85. The molecular formula is C10H21NO2S. The van der Waals surface area contributed by atoms with E-state index in [0.29, 0.717) is 11.7 Å². The van der Waals surface area contributed by atoms with Gasteiger partial charge in [0.1, 0.15) is 0 Å². The Hall–Kier alpha value is -0.0900. The molecule has 0 bridgehead atoms. The third-order valence-corrected chi connectivity index (χ3v) is 4.69. The van der Waals surface area contributed by atoms with Crippen LogP contribution in [0.2, 0.25) is 0 Å². The van der Waals surface area contributed by atoms with Gasteiger partial charge in [0, 0.05) is 13.1 Å². The smallest absolute Gasteiger partial charge is 0.212 e. The minimum atomic E-state index is -2.95. The summed E-state index contributed by atoms with van der Waals surface area (Å²) in [5, 5.41) is 0. The van der Waals surface area contributed by atoms with Gasteiger partial charge >= 0.3 is 0 Å². The zero-order valence-corrected chi connectivity index (χ0v) is 10.0. The Morgan fingerprint density at radius 3 is 2.71 bits per heavy atom. The highest BCUT2D eigenvalue weighted by atomic mass is 32.2. The highest BCUT2D eigenvalue weighted by Crippen LogP contribution is 2.19. The molecule has 1 aliphatic heterocycles. The molecule has 0 aliphatic carbocycles. The Kier molecular flexibility index (Phi) is 4.38. The van der Waals surface area contributed by atoms with Crippen LogP contribution in [0.25, 0.3) is 0 Å². The molecule has 0 aromatic carbocycles. The van der Waals surface area contributed by atoms with Crippen molar-refractivity contribution in [2.45, 2.75) is 39.5 Å². The summed E-state index contributed by atoms with van der Waals surface area (Å²) in [7, 11) is -2.95. The van der Waals surface area contributed by atoms with Crippen LogP contribution < -0.4 is 0 Å². The molecule has 1 aliphatic rings. The van der Waals surface area contributed by atoms with E-state index in [0.717, 1.165) is 32.4 Å². The molecular weight excluding hydrogens is 198 g/mol. The van der Waals surface area contributed by atoms with Crippen molar-refractivity contribution in [1.82, 2.24) is 4.31 Å². The normalized spacial score (nSPS) is 25.1. The Bertz CT molecular complexity index is 261. The quantitative estimate of drug-likeness (QED) is 0.723. The topological polar surface area (TPSA) is 37.4 Å². The minimum absolute atomic E-state index is 0.330. The Labute approximate surface area is 87.5 Å². The molecule has 1 saturated heterocycles. The average Bonchev–Trinajstić information content (AvgIpc) is 2.15. The lowest BCUT2D eigenvalue weighted by Crippen LogP contribution is -2.40. The number of nitrogens with zero attached hydrogens (tertiary/aromatic N) is 1. The van der Waals surface area contributed by atoms with Gasteiger partial charge in [0.25, 0.3) is 0 Å². The highest BCUT2D eigenvalue weighted by Gasteiger charge is 2.26. The molecule has 3 nitrogen and oxygen atoms in total. The Morgan fingerprint density at radius 1 is 1.43 bits per heavy atom. The van der Waals surface area contributed by atoms with Gasteiger partial charge in [-0.2, -0.15) is 0 Å². The number of unbranched alkanes of at least 4 members (excludes halogenated alkanes) is 1. The van der Waals surface area contributed by atoms with Crippen molar-refractivity contribution in [3.8, 4) is 0 Å². The fourth-order valence-corrected chi connectivity index (χ4v) is 3.66. The summed E-state index contributed by atoms with van der Waals surface area (Å²) in [5.74, 6) is 0.858. The Morgan fingerprint density at radius 2 is 2.14 bits per heavy atom. The van der Waals surface area contributed by atoms with E-state index in [-0.39, 0.29) is 0 Å². The van der Waals surface area contributed by atoms with Crippen LogP contribution >= 0.6 is 0 Å². The number of piperidine rings is 1. The van der Waals surface area contributed by atoms with Gasteiger partial charge in [0.15, 0.2) is 0 Å². The largest absolute Gasteiger partial charge is 0.214 e. The molecule has 0 aromatic rings. The van der Waals surface area contributed by atoms with Gasteiger partial charge in [-0.15, -0.1) is 0 Å². The monoisotopic (exact) mass is 219 g/mol. The zero-order chi connectivity index (χ0) is 10.6. The molecule has 0 N–H and O–H groups in total. The molecule has 1 fully saturated rings. The van der Waals surface area contributed by atoms with Crippen molar-refractivity contribution in [1.29, 1.82) is 0 Å². The van der Waals surface area contributed by atoms with Gasteiger partial charge in [-0.1, -0.05) is 20.3 Å². The standard InChI is InChI=1S/C10H21NO2S/c1-3-4-8-14(12,13)11-7-5-6-10(2)9-11/h10H,3-9H2,1-2H3. The van der Waals surface area contributed by atoms with Gasteiger partial charge in [0.2, 0.25) is 10.0 Å². The molecule has 1 heterocycles. The van der Waals surface area contributed by atoms with Crippen LogP contribution in [-0.2, 0) is 10.0 Å². The maximum absolute atomic E-state index is 11.8. The van der Waals surface area contributed by atoms with Crippen molar-refractivity contribution >= 4 is 10.0 Å². The van der Waals surface area contributed by atoms with Crippen LogP contribution in [0.1, 0.15) is 39.5 Å². The van der Waals surface area contributed by atoms with Gasteiger partial charge in [-0.25, -0.2) is 12.7 Å². The second-order valence-electron chi connectivity index (χ2n) is 4.27. The first kappa shape index (κ1) is 12.0. The first-order chi connectivity index (χ1) is 6.56. The van der Waals surface area contributed by atoms with Crippen molar-refractivity contribution < 1.29 is 8.42 Å². The molecule has 1 unspecified atom stereocenters. The second-order valence-corrected chi connectivity index (χ2v) is 6.36. The lowest BCUT2D eigenvalue weighted by Gasteiger charge is -2.29. The number of hydrogen-bond acceptors (Lipinski definition) is 2. The molecule has 0 saturated carbocycles. The first-order valence-electron chi connectivity index (χ1n) is 5.54. The Balaban J connectivity index is 2.53. The molecule has 4 heteroatoms. The van der Waals surface area contributed by atoms with Gasteiger partial charge in [-0.3, -0.25) is 0 Å². The molecule has 1 rings (SSSR count). The van der Waals surface area contributed by atoms with E-state index in [1.165, 1.54) is 6.42 Å². The summed E-state index contributed by atoms with van der Waals surface area (Å²) in [6, 6.07) is 0. The maximum atomic E-state index is 11.8. The van der Waals surface area contributed by atoms with Crippen LogP contribution in [0.5, 0.6) is 0 Å².